The maximum Gasteiger partial charge on any atom is 0.224 e. The van der Waals surface area contributed by atoms with E-state index < -0.39 is 0 Å². The smallest absolute Gasteiger partial charge is 0.224 e. The Hall–Kier alpha value is -1.51. The number of aryl methyl sites for hydroxylation is 1. The fraction of sp³-hybridized carbons (Fsp3) is 0.562. The molecule has 1 N–H and O–H groups in total. The van der Waals surface area contributed by atoms with Gasteiger partial charge < -0.3 is 10.2 Å². The predicted octanol–water partition coefficient (Wildman–Crippen LogP) is 3.20. The van der Waals surface area contributed by atoms with Gasteiger partial charge >= 0.3 is 0 Å². The van der Waals surface area contributed by atoms with Crippen LogP contribution >= 0.6 is 0 Å². The molecule has 0 atom stereocenters. The van der Waals surface area contributed by atoms with Gasteiger partial charge in [-0.2, -0.15) is 0 Å². The molecule has 1 aliphatic rings. The predicted molar refractivity (Wildman–Crippen MR) is 79.3 cm³/mol. The van der Waals surface area contributed by atoms with Crippen LogP contribution in [0.5, 0.6) is 0 Å². The van der Waals surface area contributed by atoms with Gasteiger partial charge in [0.1, 0.15) is 0 Å². The van der Waals surface area contributed by atoms with Gasteiger partial charge in [-0.15, -0.1) is 0 Å². The number of hydrogen-bond acceptors (Lipinski definition) is 2. The van der Waals surface area contributed by atoms with Crippen LogP contribution in [0.2, 0.25) is 0 Å². The summed E-state index contributed by atoms with van der Waals surface area (Å²) in [5, 5.41) is 3.35. The third-order valence-electron chi connectivity index (χ3n) is 3.76. The van der Waals surface area contributed by atoms with Gasteiger partial charge in [0.2, 0.25) is 5.91 Å². The van der Waals surface area contributed by atoms with E-state index in [1.54, 1.807) is 0 Å². The lowest BCUT2D eigenvalue weighted by atomic mass is 10.2. The highest BCUT2D eigenvalue weighted by molar-refractivity contribution is 5.76. The van der Waals surface area contributed by atoms with Crippen LogP contribution in [0.4, 0.5) is 5.69 Å². The zero-order valence-electron chi connectivity index (χ0n) is 11.8. The average molecular weight is 260 g/mol. The molecular formula is C16H24N2O. The number of amides is 1. The third-order valence-corrected chi connectivity index (χ3v) is 3.76. The van der Waals surface area contributed by atoms with Crippen LogP contribution in [0.3, 0.4) is 0 Å². The summed E-state index contributed by atoms with van der Waals surface area (Å²) in [6, 6.07) is 8.19. The van der Waals surface area contributed by atoms with Crippen LogP contribution in [0.1, 0.15) is 37.7 Å². The van der Waals surface area contributed by atoms with Gasteiger partial charge in [-0.05, 0) is 31.4 Å². The summed E-state index contributed by atoms with van der Waals surface area (Å²) in [7, 11) is 0. The van der Waals surface area contributed by atoms with Crippen molar-refractivity contribution in [2.24, 2.45) is 0 Å². The number of nitrogens with zero attached hydrogens (tertiary/aromatic N) is 1. The fourth-order valence-corrected chi connectivity index (χ4v) is 2.55. The zero-order valence-corrected chi connectivity index (χ0v) is 11.8. The summed E-state index contributed by atoms with van der Waals surface area (Å²) in [4.78, 5) is 14.1. The second kappa shape index (κ2) is 7.17. The summed E-state index contributed by atoms with van der Waals surface area (Å²) >= 11 is 0. The largest absolute Gasteiger partial charge is 0.384 e. The molecule has 0 saturated carbocycles. The summed E-state index contributed by atoms with van der Waals surface area (Å²) in [6.45, 7) is 4.70. The maximum absolute atomic E-state index is 12.1. The summed E-state index contributed by atoms with van der Waals surface area (Å²) in [6.07, 6.45) is 5.46. The van der Waals surface area contributed by atoms with Crippen LogP contribution in [-0.4, -0.2) is 30.4 Å². The Morgan fingerprint density at radius 3 is 2.53 bits per heavy atom. The SMILES string of the molecule is Cc1ccccc1NCCC(=O)N1CCCCCC1. The summed E-state index contributed by atoms with van der Waals surface area (Å²) in [5.41, 5.74) is 2.36. The van der Waals surface area contributed by atoms with Crippen molar-refractivity contribution in [1.29, 1.82) is 0 Å². The Bertz CT molecular complexity index is 409. The highest BCUT2D eigenvalue weighted by Crippen LogP contribution is 2.14. The Morgan fingerprint density at radius 1 is 1.16 bits per heavy atom. The number of rotatable bonds is 4. The van der Waals surface area contributed by atoms with E-state index in [4.69, 9.17) is 0 Å². The molecule has 0 radical (unpaired) electrons. The highest BCUT2D eigenvalue weighted by atomic mass is 16.2. The molecule has 1 fully saturated rings. The van der Waals surface area contributed by atoms with Crippen LogP contribution in [-0.2, 0) is 4.79 Å². The van der Waals surface area contributed by atoms with E-state index in [2.05, 4.69) is 24.4 Å². The lowest BCUT2D eigenvalue weighted by Crippen LogP contribution is -2.32. The first kappa shape index (κ1) is 13.9. The number of carbonyl (C=O) groups excluding carboxylic acids is 1. The van der Waals surface area contributed by atoms with E-state index in [1.165, 1.54) is 18.4 Å². The normalized spacial score (nSPS) is 15.9. The Balaban J connectivity index is 1.76. The lowest BCUT2D eigenvalue weighted by Gasteiger charge is -2.20. The van der Waals surface area contributed by atoms with E-state index in [1.807, 2.05) is 17.0 Å². The first-order valence-electron chi connectivity index (χ1n) is 7.34. The molecule has 0 aromatic heterocycles. The van der Waals surface area contributed by atoms with Crippen molar-refractivity contribution < 1.29 is 4.79 Å². The molecular weight excluding hydrogens is 236 g/mol. The monoisotopic (exact) mass is 260 g/mol. The van der Waals surface area contributed by atoms with Gasteiger partial charge in [-0.3, -0.25) is 4.79 Å². The van der Waals surface area contributed by atoms with E-state index >= 15 is 0 Å². The molecule has 104 valence electrons. The van der Waals surface area contributed by atoms with Crippen LogP contribution in [0, 0.1) is 6.92 Å². The molecule has 3 nitrogen and oxygen atoms in total. The number of anilines is 1. The van der Waals surface area contributed by atoms with Gasteiger partial charge in [0, 0.05) is 31.7 Å². The first-order chi connectivity index (χ1) is 9.27. The maximum atomic E-state index is 12.1. The van der Waals surface area contributed by atoms with Gasteiger partial charge in [0.15, 0.2) is 0 Å². The molecule has 1 saturated heterocycles. The second-order valence-electron chi connectivity index (χ2n) is 5.29. The minimum absolute atomic E-state index is 0.294. The first-order valence-corrected chi connectivity index (χ1v) is 7.34. The summed E-state index contributed by atoms with van der Waals surface area (Å²) < 4.78 is 0. The Kier molecular flexibility index (Phi) is 5.25. The fourth-order valence-electron chi connectivity index (χ4n) is 2.55. The van der Waals surface area contributed by atoms with Crippen molar-refractivity contribution in [3.63, 3.8) is 0 Å². The molecule has 0 aliphatic carbocycles. The van der Waals surface area contributed by atoms with E-state index in [9.17, 15) is 4.79 Å². The quantitative estimate of drug-likeness (QED) is 0.901. The minimum atomic E-state index is 0.294. The van der Waals surface area contributed by atoms with E-state index in [0.29, 0.717) is 12.3 Å². The molecule has 1 amide bonds. The number of para-hydroxylation sites is 1. The molecule has 0 spiro atoms. The van der Waals surface area contributed by atoms with Crippen molar-refractivity contribution in [1.82, 2.24) is 4.90 Å². The number of likely N-dealkylation sites (tertiary alicyclic amines) is 1. The number of nitrogens with one attached hydrogen (secondary N) is 1. The molecule has 1 aromatic rings. The molecule has 19 heavy (non-hydrogen) atoms. The van der Waals surface area contributed by atoms with Crippen molar-refractivity contribution in [3.05, 3.63) is 29.8 Å². The van der Waals surface area contributed by atoms with Crippen molar-refractivity contribution in [2.45, 2.75) is 39.0 Å². The van der Waals surface area contributed by atoms with Crippen molar-refractivity contribution >= 4 is 11.6 Å². The molecule has 2 rings (SSSR count). The number of benzene rings is 1. The van der Waals surface area contributed by atoms with Crippen LogP contribution in [0.25, 0.3) is 0 Å². The Labute approximate surface area is 116 Å². The van der Waals surface area contributed by atoms with Crippen LogP contribution in [0.15, 0.2) is 24.3 Å². The zero-order chi connectivity index (χ0) is 13.5. The molecule has 0 unspecified atom stereocenters. The minimum Gasteiger partial charge on any atom is -0.384 e. The van der Waals surface area contributed by atoms with Gasteiger partial charge in [0.05, 0.1) is 0 Å². The molecule has 1 heterocycles. The van der Waals surface area contributed by atoms with E-state index in [-0.39, 0.29) is 0 Å². The van der Waals surface area contributed by atoms with Gasteiger partial charge in [0.25, 0.3) is 0 Å². The van der Waals surface area contributed by atoms with Crippen molar-refractivity contribution in [3.8, 4) is 0 Å². The van der Waals surface area contributed by atoms with E-state index in [0.717, 1.165) is 38.2 Å². The third kappa shape index (κ3) is 4.27. The van der Waals surface area contributed by atoms with Gasteiger partial charge in [-0.25, -0.2) is 0 Å². The number of hydrogen-bond donors (Lipinski definition) is 1. The second-order valence-corrected chi connectivity index (χ2v) is 5.29. The molecule has 3 heteroatoms. The molecule has 1 aromatic carbocycles. The summed E-state index contributed by atoms with van der Waals surface area (Å²) in [5.74, 6) is 0.294. The van der Waals surface area contributed by atoms with Gasteiger partial charge in [-0.1, -0.05) is 31.0 Å². The highest BCUT2D eigenvalue weighted by Gasteiger charge is 2.14. The topological polar surface area (TPSA) is 32.3 Å². The number of carbonyl (C=O) groups is 1. The van der Waals surface area contributed by atoms with Crippen LogP contribution < -0.4 is 5.32 Å². The molecule has 0 bridgehead atoms. The molecule has 1 aliphatic heterocycles. The van der Waals surface area contributed by atoms with Crippen molar-refractivity contribution in [2.75, 3.05) is 25.0 Å². The average Bonchev–Trinajstić information content (AvgIpc) is 2.70. The lowest BCUT2D eigenvalue weighted by molar-refractivity contribution is -0.130. The Morgan fingerprint density at radius 2 is 1.84 bits per heavy atom. The standard InChI is InChI=1S/C16H24N2O/c1-14-8-4-5-9-15(14)17-11-10-16(19)18-12-6-2-3-7-13-18/h4-5,8-9,17H,2-3,6-7,10-13H2,1H3.